The SMILES string of the molecule is C[C@]12CC[C@H](O)CC1=CC[C@@H]1[C@@H]2CC[C@]2(C)c3ncncc3C[C@@H]12. The van der Waals surface area contributed by atoms with Gasteiger partial charge in [0, 0.05) is 11.6 Å². The number of aliphatic hydroxyl groups is 1. The van der Waals surface area contributed by atoms with Crippen molar-refractivity contribution in [3.8, 4) is 0 Å². The van der Waals surface area contributed by atoms with Gasteiger partial charge in [-0.15, -0.1) is 0 Å². The number of allylic oxidation sites excluding steroid dienone is 1. The Balaban J connectivity index is 1.54. The summed E-state index contributed by atoms with van der Waals surface area (Å²) in [4.78, 5) is 8.99. The molecule has 1 N–H and O–H groups in total. The van der Waals surface area contributed by atoms with Gasteiger partial charge in [0.15, 0.2) is 0 Å². The molecule has 3 heteroatoms. The zero-order valence-corrected chi connectivity index (χ0v) is 14.8. The highest BCUT2D eigenvalue weighted by Crippen LogP contribution is 2.63. The van der Waals surface area contributed by atoms with Crippen molar-refractivity contribution >= 4 is 0 Å². The van der Waals surface area contributed by atoms with E-state index in [1.54, 1.807) is 11.9 Å². The molecule has 6 atom stereocenters. The largest absolute Gasteiger partial charge is 0.393 e. The Morgan fingerprint density at radius 3 is 2.79 bits per heavy atom. The Kier molecular flexibility index (Phi) is 3.08. The Morgan fingerprint density at radius 1 is 1.08 bits per heavy atom. The molecule has 0 bridgehead atoms. The average molecular weight is 324 g/mol. The van der Waals surface area contributed by atoms with Crippen LogP contribution in [0.25, 0.3) is 0 Å². The Labute approximate surface area is 144 Å². The summed E-state index contributed by atoms with van der Waals surface area (Å²) in [5, 5.41) is 10.1. The molecular formula is C21H28N2O. The molecule has 0 spiro atoms. The lowest BCUT2D eigenvalue weighted by Gasteiger charge is -2.57. The minimum absolute atomic E-state index is 0.110. The molecule has 0 unspecified atom stereocenters. The molecule has 128 valence electrons. The second-order valence-corrected chi connectivity index (χ2v) is 9.21. The van der Waals surface area contributed by atoms with E-state index in [9.17, 15) is 5.11 Å². The van der Waals surface area contributed by atoms with Crippen LogP contribution in [-0.4, -0.2) is 21.2 Å². The van der Waals surface area contributed by atoms with Gasteiger partial charge in [-0.2, -0.15) is 0 Å². The first-order valence-electron chi connectivity index (χ1n) is 9.69. The topological polar surface area (TPSA) is 46.0 Å². The average Bonchev–Trinajstić information content (AvgIpc) is 2.89. The van der Waals surface area contributed by atoms with Crippen LogP contribution < -0.4 is 0 Å². The van der Waals surface area contributed by atoms with Crippen molar-refractivity contribution in [3.63, 3.8) is 0 Å². The lowest BCUT2D eigenvalue weighted by atomic mass is 9.48. The van der Waals surface area contributed by atoms with Gasteiger partial charge < -0.3 is 5.11 Å². The maximum Gasteiger partial charge on any atom is 0.115 e. The van der Waals surface area contributed by atoms with Crippen molar-refractivity contribution in [3.05, 3.63) is 35.4 Å². The third-order valence-electron chi connectivity index (χ3n) is 8.24. The fraction of sp³-hybridized carbons (Fsp3) is 0.714. The molecule has 1 heterocycles. The maximum absolute atomic E-state index is 10.1. The molecule has 0 saturated heterocycles. The molecular weight excluding hydrogens is 296 g/mol. The highest BCUT2D eigenvalue weighted by Gasteiger charge is 2.57. The van der Waals surface area contributed by atoms with Crippen LogP contribution in [-0.2, 0) is 11.8 Å². The lowest BCUT2D eigenvalue weighted by Crippen LogP contribution is -2.51. The number of hydrogen-bond acceptors (Lipinski definition) is 3. The molecule has 4 aliphatic rings. The number of nitrogens with zero attached hydrogens (tertiary/aromatic N) is 2. The number of fused-ring (bicyclic) bond motifs is 7. The summed E-state index contributed by atoms with van der Waals surface area (Å²) in [5.74, 6) is 2.26. The van der Waals surface area contributed by atoms with E-state index < -0.39 is 0 Å². The van der Waals surface area contributed by atoms with Gasteiger partial charge in [0.25, 0.3) is 0 Å². The molecule has 2 saturated carbocycles. The third kappa shape index (κ3) is 1.82. The van der Waals surface area contributed by atoms with Gasteiger partial charge in [0.2, 0.25) is 0 Å². The molecule has 0 amide bonds. The summed E-state index contributed by atoms with van der Waals surface area (Å²) in [5.41, 5.74) is 4.85. The molecule has 1 aromatic heterocycles. The second-order valence-electron chi connectivity index (χ2n) is 9.21. The van der Waals surface area contributed by atoms with Gasteiger partial charge in [-0.05, 0) is 73.7 Å². The van der Waals surface area contributed by atoms with E-state index in [0.717, 1.165) is 37.5 Å². The van der Waals surface area contributed by atoms with Gasteiger partial charge >= 0.3 is 0 Å². The zero-order valence-electron chi connectivity index (χ0n) is 14.8. The highest BCUT2D eigenvalue weighted by molar-refractivity contribution is 5.36. The van der Waals surface area contributed by atoms with Crippen LogP contribution in [0.15, 0.2) is 24.2 Å². The predicted octanol–water partition coefficient (Wildman–Crippen LogP) is 3.81. The van der Waals surface area contributed by atoms with Crippen molar-refractivity contribution in [1.82, 2.24) is 9.97 Å². The molecule has 3 nitrogen and oxygen atoms in total. The molecule has 24 heavy (non-hydrogen) atoms. The van der Waals surface area contributed by atoms with Crippen LogP contribution in [0.2, 0.25) is 0 Å². The van der Waals surface area contributed by atoms with Gasteiger partial charge in [-0.1, -0.05) is 25.5 Å². The molecule has 0 aromatic carbocycles. The minimum Gasteiger partial charge on any atom is -0.393 e. The van der Waals surface area contributed by atoms with E-state index in [4.69, 9.17) is 4.98 Å². The summed E-state index contributed by atoms with van der Waals surface area (Å²) in [7, 11) is 0. The fourth-order valence-corrected chi connectivity index (χ4v) is 6.89. The molecule has 4 aliphatic carbocycles. The molecule has 1 aromatic rings. The standard InChI is InChI=1S/C21H28N2O/c1-20-7-5-15(24)10-14(20)3-4-16-17(20)6-8-21(2)18(16)9-13-11-22-12-23-19(13)21/h3,11-12,15-18,24H,4-10H2,1-2H3/t15-,16+,17-,18-,20-,21-/m0/s1. The number of rotatable bonds is 0. The van der Waals surface area contributed by atoms with E-state index in [-0.39, 0.29) is 11.5 Å². The maximum atomic E-state index is 10.1. The summed E-state index contributed by atoms with van der Waals surface area (Å²) in [6.45, 7) is 4.95. The zero-order chi connectivity index (χ0) is 16.5. The summed E-state index contributed by atoms with van der Waals surface area (Å²) < 4.78 is 0. The van der Waals surface area contributed by atoms with E-state index in [0.29, 0.717) is 11.3 Å². The van der Waals surface area contributed by atoms with Crippen LogP contribution in [0.3, 0.4) is 0 Å². The van der Waals surface area contributed by atoms with Crippen molar-refractivity contribution in [2.45, 2.75) is 70.3 Å². The lowest BCUT2D eigenvalue weighted by molar-refractivity contribution is -0.0169. The van der Waals surface area contributed by atoms with E-state index in [2.05, 4.69) is 31.1 Å². The van der Waals surface area contributed by atoms with Crippen molar-refractivity contribution < 1.29 is 5.11 Å². The van der Waals surface area contributed by atoms with E-state index in [1.807, 2.05) is 0 Å². The molecule has 0 aliphatic heterocycles. The smallest absolute Gasteiger partial charge is 0.115 e. The number of hydrogen-bond donors (Lipinski definition) is 1. The summed E-state index contributed by atoms with van der Waals surface area (Å²) in [6.07, 6.45) is 14.2. The van der Waals surface area contributed by atoms with Crippen LogP contribution in [0.4, 0.5) is 0 Å². The van der Waals surface area contributed by atoms with E-state index >= 15 is 0 Å². The molecule has 5 rings (SSSR count). The monoisotopic (exact) mass is 324 g/mol. The van der Waals surface area contributed by atoms with E-state index in [1.165, 1.54) is 30.5 Å². The van der Waals surface area contributed by atoms with Crippen LogP contribution in [0.5, 0.6) is 0 Å². The first-order valence-corrected chi connectivity index (χ1v) is 9.69. The third-order valence-corrected chi connectivity index (χ3v) is 8.24. The highest BCUT2D eigenvalue weighted by atomic mass is 16.3. The predicted molar refractivity (Wildman–Crippen MR) is 93.5 cm³/mol. The summed E-state index contributed by atoms with van der Waals surface area (Å²) >= 11 is 0. The summed E-state index contributed by atoms with van der Waals surface area (Å²) in [6, 6.07) is 0. The van der Waals surface area contributed by atoms with Crippen molar-refractivity contribution in [2.75, 3.05) is 0 Å². The first-order chi connectivity index (χ1) is 11.5. The minimum atomic E-state index is -0.110. The first kappa shape index (κ1) is 15.1. The van der Waals surface area contributed by atoms with Crippen molar-refractivity contribution in [1.29, 1.82) is 0 Å². The molecule has 2 fully saturated rings. The van der Waals surface area contributed by atoms with Crippen molar-refractivity contribution in [2.24, 2.45) is 23.2 Å². The van der Waals surface area contributed by atoms with Crippen LogP contribution in [0, 0.1) is 23.2 Å². The van der Waals surface area contributed by atoms with Gasteiger partial charge in [0.05, 0.1) is 11.8 Å². The van der Waals surface area contributed by atoms with Gasteiger partial charge in [0.1, 0.15) is 6.33 Å². The van der Waals surface area contributed by atoms with Gasteiger partial charge in [-0.25, -0.2) is 9.97 Å². The molecule has 0 radical (unpaired) electrons. The quantitative estimate of drug-likeness (QED) is 0.738. The van der Waals surface area contributed by atoms with Gasteiger partial charge in [-0.3, -0.25) is 0 Å². The second kappa shape index (κ2) is 4.91. The Bertz CT molecular complexity index is 714. The normalized spacial score (nSPS) is 46.4. The number of aromatic nitrogens is 2. The fourth-order valence-electron chi connectivity index (χ4n) is 6.89. The number of aliphatic hydroxyl groups excluding tert-OH is 1. The Morgan fingerprint density at radius 2 is 1.92 bits per heavy atom. The Hall–Kier alpha value is -1.22. The van der Waals surface area contributed by atoms with Crippen LogP contribution in [0.1, 0.15) is 63.6 Å². The van der Waals surface area contributed by atoms with Crippen LogP contribution >= 0.6 is 0 Å².